The predicted octanol–water partition coefficient (Wildman–Crippen LogP) is 7.86. The molecule has 64 heavy (non-hydrogen) atoms. The van der Waals surface area contributed by atoms with Crippen molar-refractivity contribution in [2.75, 3.05) is 20.3 Å². The molecule has 0 atom stereocenters. The molecule has 17 nitrogen and oxygen atoms in total. The first-order valence-electron chi connectivity index (χ1n) is 20.5. The molecule has 2 aromatic carbocycles. The van der Waals surface area contributed by atoms with Gasteiger partial charge in [-0.1, -0.05) is 39.3 Å². The van der Waals surface area contributed by atoms with Crippen LogP contribution in [0.25, 0.3) is 66.9 Å². The first-order valence-corrected chi connectivity index (χ1v) is 27.9. The van der Waals surface area contributed by atoms with E-state index in [1.807, 2.05) is 0 Å². The summed E-state index contributed by atoms with van der Waals surface area (Å²) in [5.41, 5.74) is 7.52. The largest absolute Gasteiger partial charge is 0.478 e. The number of hydrogen-bond donors (Lipinski definition) is 2. The van der Waals surface area contributed by atoms with Gasteiger partial charge in [0.1, 0.15) is 64.5 Å². The number of rotatable bonds is 15. The predicted molar refractivity (Wildman–Crippen MR) is 244 cm³/mol. The molecule has 8 rings (SSSR count). The van der Waals surface area contributed by atoms with Gasteiger partial charge in [0.2, 0.25) is 0 Å². The van der Waals surface area contributed by atoms with Crippen LogP contribution >= 0.6 is 0 Å². The normalized spacial score (nSPS) is 12.1. The Morgan fingerprint density at radius 1 is 0.703 bits per heavy atom. The van der Waals surface area contributed by atoms with Crippen LogP contribution in [-0.4, -0.2) is 102 Å². The summed E-state index contributed by atoms with van der Waals surface area (Å²) in [6, 6.07) is 10.9. The molecule has 0 unspecified atom stereocenters. The van der Waals surface area contributed by atoms with Gasteiger partial charge in [0.15, 0.2) is 11.3 Å². The van der Waals surface area contributed by atoms with E-state index in [1.165, 1.54) is 37.6 Å². The van der Waals surface area contributed by atoms with Crippen molar-refractivity contribution in [3.8, 4) is 22.8 Å². The number of amides is 1. The van der Waals surface area contributed by atoms with Crippen molar-refractivity contribution in [1.82, 2.24) is 54.1 Å². The Labute approximate surface area is 369 Å². The van der Waals surface area contributed by atoms with Gasteiger partial charge in [0.05, 0.1) is 36.1 Å². The lowest BCUT2D eigenvalue weighted by molar-refractivity contribution is 0.0537. The molecule has 336 valence electrons. The lowest BCUT2D eigenvalue weighted by Gasteiger charge is -2.15. The second kappa shape index (κ2) is 18.4. The summed E-state index contributed by atoms with van der Waals surface area (Å²) >= 11 is 0. The van der Waals surface area contributed by atoms with Gasteiger partial charge in [-0.05, 0) is 48.5 Å². The van der Waals surface area contributed by atoms with E-state index < -0.39 is 28.0 Å². The molecule has 0 radical (unpaired) electrons. The Hall–Kier alpha value is -6.27. The lowest BCUT2D eigenvalue weighted by atomic mass is 10.1. The molecule has 0 aliphatic heterocycles. The third-order valence-electron chi connectivity index (χ3n) is 10.4. The third-order valence-corrected chi connectivity index (χ3v) is 13.8. The number of benzene rings is 2. The van der Waals surface area contributed by atoms with Crippen LogP contribution in [-0.2, 0) is 41.9 Å². The van der Waals surface area contributed by atoms with Crippen LogP contribution in [0.1, 0.15) is 20.7 Å². The standard InChI is InChI=1S/C22H27FN6O3Si.C21H24FN5O3Si/c1-28-18-10-14(23)6-7-15(18)19(26-28)17-11-24-21-20(25-17)16(22(30)27-31-2)12-29(21)13-32-8-9-33(3,4)5;1-26-17-9-13(22)5-6-14(17)18(25-26)16-10-23-20-19(24-16)15(21(28)29)11-27(20)12-30-7-8-31(2,3)4/h6-7,10-12H,8-9,13H2,1-5H3,(H,27,30);5-6,9-11H,7-8,12H2,1-4H3,(H,28,29). The summed E-state index contributed by atoms with van der Waals surface area (Å²) in [4.78, 5) is 47.5. The maximum atomic E-state index is 13.7. The maximum absolute atomic E-state index is 13.7. The van der Waals surface area contributed by atoms with E-state index in [2.05, 4.69) is 69.9 Å². The molecular formula is C43H51F2N11O6Si2. The summed E-state index contributed by atoms with van der Waals surface area (Å²) in [5.74, 6) is -2.24. The summed E-state index contributed by atoms with van der Waals surface area (Å²) in [7, 11) is 2.39. The van der Waals surface area contributed by atoms with E-state index in [9.17, 15) is 23.5 Å². The molecule has 0 spiro atoms. The minimum atomic E-state index is -1.22. The van der Waals surface area contributed by atoms with Crippen molar-refractivity contribution < 1.29 is 37.8 Å². The average Bonchev–Trinajstić information content (AvgIpc) is 3.98. The molecule has 0 aliphatic rings. The number of carboxylic acid groups (broad SMARTS) is 1. The number of hydrogen-bond acceptors (Lipinski definition) is 11. The van der Waals surface area contributed by atoms with Crippen molar-refractivity contribution in [3.05, 3.63) is 83.9 Å². The molecule has 6 heterocycles. The molecule has 0 saturated carbocycles. The van der Waals surface area contributed by atoms with Crippen LogP contribution in [0.15, 0.2) is 61.2 Å². The van der Waals surface area contributed by atoms with Gasteiger partial charge in [-0.3, -0.25) is 19.0 Å². The molecule has 0 fully saturated rings. The first kappa shape index (κ1) is 45.7. The second-order valence-electron chi connectivity index (χ2n) is 17.8. The second-order valence-corrected chi connectivity index (χ2v) is 29.0. The van der Waals surface area contributed by atoms with E-state index in [4.69, 9.17) is 19.3 Å². The highest BCUT2D eigenvalue weighted by Gasteiger charge is 2.23. The summed E-state index contributed by atoms with van der Waals surface area (Å²) in [6.45, 7) is 15.4. The number of carboxylic acids is 1. The highest BCUT2D eigenvalue weighted by molar-refractivity contribution is 6.76. The van der Waals surface area contributed by atoms with Crippen LogP contribution < -0.4 is 5.48 Å². The number of carbonyl (C=O) groups excluding carboxylic acids is 1. The fourth-order valence-corrected chi connectivity index (χ4v) is 8.43. The number of nitrogens with one attached hydrogen (secondary N) is 1. The van der Waals surface area contributed by atoms with Gasteiger partial charge in [-0.2, -0.15) is 10.2 Å². The van der Waals surface area contributed by atoms with E-state index in [0.717, 1.165) is 17.5 Å². The van der Waals surface area contributed by atoms with Crippen LogP contribution in [0.5, 0.6) is 0 Å². The number of fused-ring (bicyclic) bond motifs is 4. The van der Waals surface area contributed by atoms with Gasteiger partial charge in [-0.15, -0.1) is 0 Å². The monoisotopic (exact) mass is 911 g/mol. The molecule has 8 aromatic rings. The Morgan fingerprint density at radius 3 is 1.56 bits per heavy atom. The van der Waals surface area contributed by atoms with Crippen LogP contribution in [0.4, 0.5) is 8.78 Å². The molecule has 0 aliphatic carbocycles. The van der Waals surface area contributed by atoms with Crippen molar-refractivity contribution >= 4 is 72.2 Å². The van der Waals surface area contributed by atoms with Crippen molar-refractivity contribution in [2.45, 2.75) is 64.8 Å². The fourth-order valence-electron chi connectivity index (χ4n) is 6.92. The van der Waals surface area contributed by atoms with Gasteiger partial charge in [0.25, 0.3) is 5.91 Å². The molecule has 6 aromatic heterocycles. The fraction of sp³-hybridized carbons (Fsp3) is 0.349. The highest BCUT2D eigenvalue weighted by atomic mass is 28.3. The zero-order valence-corrected chi connectivity index (χ0v) is 39.2. The number of hydroxylamine groups is 1. The average molecular weight is 912 g/mol. The van der Waals surface area contributed by atoms with Gasteiger partial charge in [-0.25, -0.2) is 39.0 Å². The Morgan fingerprint density at radius 2 is 1.14 bits per heavy atom. The number of aryl methyl sites for hydroxylation is 2. The minimum absolute atomic E-state index is 0.0458. The number of aromatic nitrogens is 10. The van der Waals surface area contributed by atoms with Gasteiger partial charge >= 0.3 is 5.97 Å². The van der Waals surface area contributed by atoms with Crippen LogP contribution in [0, 0.1) is 11.6 Å². The van der Waals surface area contributed by atoms with Crippen molar-refractivity contribution in [2.24, 2.45) is 14.1 Å². The quantitative estimate of drug-likeness (QED) is 0.0576. The summed E-state index contributed by atoms with van der Waals surface area (Å²) < 4.78 is 45.5. The number of ether oxygens (including phenoxy) is 2. The van der Waals surface area contributed by atoms with Crippen molar-refractivity contribution in [1.29, 1.82) is 0 Å². The topological polar surface area (TPSA) is 191 Å². The third kappa shape index (κ3) is 10.1. The number of carbonyl (C=O) groups is 2. The molecule has 2 N–H and O–H groups in total. The van der Waals surface area contributed by atoms with E-state index in [1.54, 1.807) is 63.3 Å². The van der Waals surface area contributed by atoms with E-state index >= 15 is 0 Å². The highest BCUT2D eigenvalue weighted by Crippen LogP contribution is 2.31. The first-order chi connectivity index (χ1) is 30.3. The summed E-state index contributed by atoms with van der Waals surface area (Å²) in [5, 5.41) is 20.1. The SMILES string of the molecule is CONC(=O)c1cn(COCC[Si](C)(C)C)c2ncc(-c3nn(C)c4cc(F)ccc34)nc12.Cn1nc(-c2cnc3c(n2)c(C(=O)O)cn3COCC[Si](C)(C)C)c2ccc(F)cc21. The molecule has 0 saturated heterocycles. The maximum Gasteiger partial charge on any atom is 0.339 e. The zero-order chi connectivity index (χ0) is 46.1. The van der Waals surface area contributed by atoms with Crippen molar-refractivity contribution in [3.63, 3.8) is 0 Å². The van der Waals surface area contributed by atoms with Gasteiger partial charge in [0, 0.05) is 66.6 Å². The minimum Gasteiger partial charge on any atom is -0.478 e. The lowest BCUT2D eigenvalue weighted by Crippen LogP contribution is -2.22. The molecule has 21 heteroatoms. The molecule has 1 amide bonds. The Kier molecular flexibility index (Phi) is 13.2. The number of aromatic carboxylic acids is 1. The number of nitrogens with zero attached hydrogens (tertiary/aromatic N) is 10. The Bertz CT molecular complexity index is 3020. The van der Waals surface area contributed by atoms with Crippen LogP contribution in [0.2, 0.25) is 51.4 Å². The zero-order valence-electron chi connectivity index (χ0n) is 37.2. The van der Waals surface area contributed by atoms with E-state index in [-0.39, 0.29) is 36.2 Å². The smallest absolute Gasteiger partial charge is 0.339 e. The molecular weight excluding hydrogens is 861 g/mol. The molecule has 0 bridgehead atoms. The van der Waals surface area contributed by atoms with Gasteiger partial charge < -0.3 is 23.7 Å². The van der Waals surface area contributed by atoms with Crippen LogP contribution in [0.3, 0.4) is 0 Å². The summed E-state index contributed by atoms with van der Waals surface area (Å²) in [6.07, 6.45) is 6.31. The Balaban J connectivity index is 0.000000192. The van der Waals surface area contributed by atoms with E-state index in [0.29, 0.717) is 74.8 Å². The number of halogens is 2.